The van der Waals surface area contributed by atoms with Crippen LogP contribution in [-0.2, 0) is 4.74 Å². The van der Waals surface area contributed by atoms with Gasteiger partial charge in [0.25, 0.3) is 0 Å². The molecule has 0 bridgehead atoms. The van der Waals surface area contributed by atoms with E-state index in [4.69, 9.17) is 4.74 Å². The second-order valence-electron chi connectivity index (χ2n) is 6.54. The van der Waals surface area contributed by atoms with E-state index in [1.807, 2.05) is 0 Å². The van der Waals surface area contributed by atoms with E-state index >= 15 is 0 Å². The molecule has 0 aliphatic heterocycles. The molecule has 17 heavy (non-hydrogen) atoms. The molecule has 1 saturated carbocycles. The molecule has 2 heteroatoms. The lowest BCUT2D eigenvalue weighted by Gasteiger charge is -2.30. The zero-order valence-corrected chi connectivity index (χ0v) is 12.2. The Morgan fingerprint density at radius 2 is 2.06 bits per heavy atom. The number of ether oxygens (including phenoxy) is 1. The van der Waals surface area contributed by atoms with Crippen molar-refractivity contribution < 1.29 is 4.74 Å². The lowest BCUT2D eigenvalue weighted by Crippen LogP contribution is -2.37. The van der Waals surface area contributed by atoms with Gasteiger partial charge in [-0.2, -0.15) is 0 Å². The van der Waals surface area contributed by atoms with Crippen molar-refractivity contribution in [2.75, 3.05) is 26.3 Å². The highest BCUT2D eigenvalue weighted by molar-refractivity contribution is 4.78. The number of hydrogen-bond donors (Lipinski definition) is 1. The third-order valence-corrected chi connectivity index (χ3v) is 3.46. The largest absolute Gasteiger partial charge is 0.381 e. The Hall–Kier alpha value is -0.0800. The van der Waals surface area contributed by atoms with Crippen molar-refractivity contribution in [2.24, 2.45) is 17.3 Å². The molecule has 1 unspecified atom stereocenters. The Morgan fingerprint density at radius 1 is 1.35 bits per heavy atom. The molecule has 1 N–H and O–H groups in total. The maximum atomic E-state index is 5.89. The smallest absolute Gasteiger partial charge is 0.0532 e. The fourth-order valence-electron chi connectivity index (χ4n) is 2.23. The zero-order chi connectivity index (χ0) is 12.7. The Labute approximate surface area is 108 Å². The molecule has 1 rings (SSSR count). The summed E-state index contributed by atoms with van der Waals surface area (Å²) in [6.07, 6.45) is 5.27. The minimum absolute atomic E-state index is 0.318. The van der Waals surface area contributed by atoms with E-state index in [-0.39, 0.29) is 0 Å². The van der Waals surface area contributed by atoms with E-state index in [2.05, 4.69) is 33.0 Å². The Balaban J connectivity index is 2.20. The molecule has 0 aromatic carbocycles. The molecule has 1 atom stereocenters. The van der Waals surface area contributed by atoms with Gasteiger partial charge in [0.2, 0.25) is 0 Å². The van der Waals surface area contributed by atoms with Crippen LogP contribution in [0, 0.1) is 17.3 Å². The van der Waals surface area contributed by atoms with Gasteiger partial charge < -0.3 is 10.1 Å². The van der Waals surface area contributed by atoms with E-state index in [1.54, 1.807) is 0 Å². The van der Waals surface area contributed by atoms with Gasteiger partial charge in [0.05, 0.1) is 6.61 Å². The summed E-state index contributed by atoms with van der Waals surface area (Å²) in [4.78, 5) is 0. The van der Waals surface area contributed by atoms with Gasteiger partial charge in [-0.15, -0.1) is 0 Å². The van der Waals surface area contributed by atoms with Crippen LogP contribution in [0.5, 0.6) is 0 Å². The summed E-state index contributed by atoms with van der Waals surface area (Å²) in [7, 11) is 0. The van der Waals surface area contributed by atoms with Crippen LogP contribution in [0.2, 0.25) is 0 Å². The van der Waals surface area contributed by atoms with Crippen LogP contribution >= 0.6 is 0 Å². The summed E-state index contributed by atoms with van der Waals surface area (Å²) in [5.41, 5.74) is 0.318. The van der Waals surface area contributed by atoms with Crippen molar-refractivity contribution >= 4 is 0 Å². The second kappa shape index (κ2) is 7.38. The Kier molecular flexibility index (Phi) is 6.50. The van der Waals surface area contributed by atoms with Crippen LogP contribution in [0.15, 0.2) is 0 Å². The minimum atomic E-state index is 0.318. The van der Waals surface area contributed by atoms with Crippen molar-refractivity contribution in [3.8, 4) is 0 Å². The predicted octanol–water partition coefficient (Wildman–Crippen LogP) is 3.47. The Bertz CT molecular complexity index is 191. The number of hydrogen-bond acceptors (Lipinski definition) is 2. The molecule has 0 aromatic rings. The number of rotatable bonds is 10. The SMILES string of the molecule is CCCC(C)(CNCC(C)C)COCC1CC1. The monoisotopic (exact) mass is 241 g/mol. The predicted molar refractivity (Wildman–Crippen MR) is 74.3 cm³/mol. The van der Waals surface area contributed by atoms with Crippen LogP contribution < -0.4 is 5.32 Å². The van der Waals surface area contributed by atoms with Gasteiger partial charge in [-0.05, 0) is 37.6 Å². The molecular formula is C15H31NO. The average molecular weight is 241 g/mol. The first-order valence-electron chi connectivity index (χ1n) is 7.34. The van der Waals surface area contributed by atoms with E-state index in [1.165, 1.54) is 25.7 Å². The maximum absolute atomic E-state index is 5.89. The van der Waals surface area contributed by atoms with Crippen molar-refractivity contribution in [3.63, 3.8) is 0 Å². The first kappa shape index (κ1) is 15.0. The third kappa shape index (κ3) is 7.05. The van der Waals surface area contributed by atoms with Gasteiger partial charge in [0.1, 0.15) is 0 Å². The van der Waals surface area contributed by atoms with E-state index in [0.717, 1.165) is 38.1 Å². The van der Waals surface area contributed by atoms with Crippen molar-refractivity contribution in [3.05, 3.63) is 0 Å². The minimum Gasteiger partial charge on any atom is -0.381 e. The van der Waals surface area contributed by atoms with Crippen LogP contribution in [-0.4, -0.2) is 26.3 Å². The van der Waals surface area contributed by atoms with Crippen molar-refractivity contribution in [1.82, 2.24) is 5.32 Å². The molecule has 0 radical (unpaired) electrons. The van der Waals surface area contributed by atoms with E-state index < -0.39 is 0 Å². The van der Waals surface area contributed by atoms with E-state index in [0.29, 0.717) is 5.41 Å². The molecule has 102 valence electrons. The van der Waals surface area contributed by atoms with Crippen LogP contribution in [0.25, 0.3) is 0 Å². The molecule has 2 nitrogen and oxygen atoms in total. The van der Waals surface area contributed by atoms with E-state index in [9.17, 15) is 0 Å². The summed E-state index contributed by atoms with van der Waals surface area (Å²) in [5.74, 6) is 1.61. The highest BCUT2D eigenvalue weighted by Gasteiger charge is 2.26. The first-order chi connectivity index (χ1) is 8.06. The Morgan fingerprint density at radius 3 is 2.59 bits per heavy atom. The summed E-state index contributed by atoms with van der Waals surface area (Å²) < 4.78 is 5.89. The molecule has 0 spiro atoms. The standard InChI is InChI=1S/C15H31NO/c1-5-8-15(4,11-16-9-13(2)3)12-17-10-14-6-7-14/h13-14,16H,5-12H2,1-4H3. The van der Waals surface area contributed by atoms with Gasteiger partial charge in [-0.3, -0.25) is 0 Å². The van der Waals surface area contributed by atoms with Crippen LogP contribution in [0.1, 0.15) is 53.4 Å². The van der Waals surface area contributed by atoms with Crippen LogP contribution in [0.4, 0.5) is 0 Å². The second-order valence-corrected chi connectivity index (χ2v) is 6.54. The highest BCUT2D eigenvalue weighted by Crippen LogP contribution is 2.30. The molecule has 0 aromatic heterocycles. The lowest BCUT2D eigenvalue weighted by molar-refractivity contribution is 0.0413. The molecular weight excluding hydrogens is 210 g/mol. The molecule has 1 aliphatic rings. The van der Waals surface area contributed by atoms with Crippen LogP contribution in [0.3, 0.4) is 0 Å². The zero-order valence-electron chi connectivity index (χ0n) is 12.2. The number of nitrogens with one attached hydrogen (secondary N) is 1. The summed E-state index contributed by atoms with van der Waals surface area (Å²) in [6.45, 7) is 13.2. The van der Waals surface area contributed by atoms with Gasteiger partial charge in [-0.1, -0.05) is 34.1 Å². The normalized spacial score (nSPS) is 19.6. The summed E-state index contributed by atoms with van der Waals surface area (Å²) >= 11 is 0. The topological polar surface area (TPSA) is 21.3 Å². The van der Waals surface area contributed by atoms with Crippen molar-refractivity contribution in [1.29, 1.82) is 0 Å². The molecule has 0 amide bonds. The lowest BCUT2D eigenvalue weighted by atomic mass is 9.86. The first-order valence-corrected chi connectivity index (χ1v) is 7.34. The van der Waals surface area contributed by atoms with Gasteiger partial charge in [0, 0.05) is 18.6 Å². The van der Waals surface area contributed by atoms with Crippen molar-refractivity contribution in [2.45, 2.75) is 53.4 Å². The molecule has 1 aliphatic carbocycles. The molecule has 0 heterocycles. The van der Waals surface area contributed by atoms with Gasteiger partial charge in [-0.25, -0.2) is 0 Å². The molecule has 1 fully saturated rings. The van der Waals surface area contributed by atoms with Gasteiger partial charge in [0.15, 0.2) is 0 Å². The molecule has 0 saturated heterocycles. The average Bonchev–Trinajstić information content (AvgIpc) is 3.01. The van der Waals surface area contributed by atoms with Gasteiger partial charge >= 0.3 is 0 Å². The highest BCUT2D eigenvalue weighted by atomic mass is 16.5. The summed E-state index contributed by atoms with van der Waals surface area (Å²) in [5, 5.41) is 3.58. The fraction of sp³-hybridized carbons (Fsp3) is 1.00. The fourth-order valence-corrected chi connectivity index (χ4v) is 2.23. The third-order valence-electron chi connectivity index (χ3n) is 3.46. The quantitative estimate of drug-likeness (QED) is 0.632. The maximum Gasteiger partial charge on any atom is 0.0532 e. The summed E-state index contributed by atoms with van der Waals surface area (Å²) in [6, 6.07) is 0.